The van der Waals surface area contributed by atoms with Crippen LogP contribution in [-0.4, -0.2) is 38.0 Å². The van der Waals surface area contributed by atoms with Crippen LogP contribution in [0.2, 0.25) is 0 Å². The van der Waals surface area contributed by atoms with E-state index < -0.39 is 0 Å². The molecule has 1 aliphatic heterocycles. The largest absolute Gasteiger partial charge is 0.356 e. The van der Waals surface area contributed by atoms with Gasteiger partial charge in [0.2, 0.25) is 11.8 Å². The zero-order valence-corrected chi connectivity index (χ0v) is 13.1. The van der Waals surface area contributed by atoms with Crippen LogP contribution in [0.4, 0.5) is 0 Å². The lowest BCUT2D eigenvalue weighted by molar-refractivity contribution is -0.128. The second-order valence-electron chi connectivity index (χ2n) is 6.61. The standard InChI is InChI=1S/C15H29N3O2/c1-15(2,3)14(20)18-8-4-5-13(19)17-10-7-12-6-9-16-11-12/h12,16H,4-11H2,1-3H3,(H,17,19)(H,18,20). The Morgan fingerprint density at radius 3 is 2.55 bits per heavy atom. The number of nitrogens with one attached hydrogen (secondary N) is 3. The molecule has 0 aliphatic carbocycles. The van der Waals surface area contributed by atoms with Gasteiger partial charge in [-0.05, 0) is 38.3 Å². The lowest BCUT2D eigenvalue weighted by Crippen LogP contribution is -2.35. The van der Waals surface area contributed by atoms with Crippen LogP contribution in [0, 0.1) is 11.3 Å². The summed E-state index contributed by atoms with van der Waals surface area (Å²) in [5, 5.41) is 9.12. The first-order valence-corrected chi connectivity index (χ1v) is 7.65. The summed E-state index contributed by atoms with van der Waals surface area (Å²) in [6.07, 6.45) is 3.44. The molecular formula is C15H29N3O2. The van der Waals surface area contributed by atoms with E-state index in [2.05, 4.69) is 16.0 Å². The minimum absolute atomic E-state index is 0.0339. The van der Waals surface area contributed by atoms with E-state index in [1.165, 1.54) is 6.42 Å². The molecule has 2 amide bonds. The van der Waals surface area contributed by atoms with Gasteiger partial charge >= 0.3 is 0 Å². The van der Waals surface area contributed by atoms with Crippen LogP contribution in [0.3, 0.4) is 0 Å². The van der Waals surface area contributed by atoms with Gasteiger partial charge in [0.25, 0.3) is 0 Å². The van der Waals surface area contributed by atoms with Crippen molar-refractivity contribution < 1.29 is 9.59 Å². The predicted molar refractivity (Wildman–Crippen MR) is 80.3 cm³/mol. The fraction of sp³-hybridized carbons (Fsp3) is 0.867. The molecule has 0 radical (unpaired) electrons. The van der Waals surface area contributed by atoms with Gasteiger partial charge in [0.15, 0.2) is 0 Å². The van der Waals surface area contributed by atoms with E-state index in [9.17, 15) is 9.59 Å². The summed E-state index contributed by atoms with van der Waals surface area (Å²) in [7, 11) is 0. The summed E-state index contributed by atoms with van der Waals surface area (Å²) in [5.74, 6) is 0.828. The van der Waals surface area contributed by atoms with Gasteiger partial charge < -0.3 is 16.0 Å². The van der Waals surface area contributed by atoms with Gasteiger partial charge in [-0.3, -0.25) is 9.59 Å². The number of hydrogen-bond acceptors (Lipinski definition) is 3. The van der Waals surface area contributed by atoms with Crippen molar-refractivity contribution in [3.63, 3.8) is 0 Å². The van der Waals surface area contributed by atoms with Crippen LogP contribution in [0.15, 0.2) is 0 Å². The molecule has 3 N–H and O–H groups in total. The third-order valence-electron chi connectivity index (χ3n) is 3.58. The predicted octanol–water partition coefficient (Wildman–Crippen LogP) is 1.04. The van der Waals surface area contributed by atoms with Crippen LogP contribution in [0.1, 0.15) is 46.5 Å². The molecule has 0 aromatic carbocycles. The molecule has 20 heavy (non-hydrogen) atoms. The summed E-state index contributed by atoms with van der Waals surface area (Å²) in [6.45, 7) is 9.16. The van der Waals surface area contributed by atoms with Gasteiger partial charge in [-0.15, -0.1) is 0 Å². The molecule has 5 heteroatoms. The highest BCUT2D eigenvalue weighted by atomic mass is 16.2. The van der Waals surface area contributed by atoms with Gasteiger partial charge in [-0.2, -0.15) is 0 Å². The number of carbonyl (C=O) groups is 2. The maximum atomic E-state index is 11.6. The normalized spacial score (nSPS) is 18.9. The summed E-state index contributed by atoms with van der Waals surface area (Å²) in [5.41, 5.74) is -0.364. The van der Waals surface area contributed by atoms with Gasteiger partial charge in [-0.1, -0.05) is 20.8 Å². The van der Waals surface area contributed by atoms with E-state index in [0.29, 0.717) is 25.3 Å². The smallest absolute Gasteiger partial charge is 0.225 e. The van der Waals surface area contributed by atoms with Crippen molar-refractivity contribution in [1.29, 1.82) is 0 Å². The molecule has 0 aromatic heterocycles. The van der Waals surface area contributed by atoms with E-state index in [1.807, 2.05) is 20.8 Å². The van der Waals surface area contributed by atoms with Gasteiger partial charge in [0, 0.05) is 24.9 Å². The Kier molecular flexibility index (Phi) is 6.99. The lowest BCUT2D eigenvalue weighted by atomic mass is 9.96. The third-order valence-corrected chi connectivity index (χ3v) is 3.58. The fourth-order valence-electron chi connectivity index (χ4n) is 2.18. The van der Waals surface area contributed by atoms with Crippen LogP contribution in [-0.2, 0) is 9.59 Å². The second kappa shape index (κ2) is 8.25. The molecule has 116 valence electrons. The molecule has 1 atom stereocenters. The molecule has 5 nitrogen and oxygen atoms in total. The highest BCUT2D eigenvalue weighted by Gasteiger charge is 2.20. The highest BCUT2D eigenvalue weighted by molar-refractivity contribution is 5.81. The van der Waals surface area contributed by atoms with E-state index >= 15 is 0 Å². The Morgan fingerprint density at radius 1 is 1.20 bits per heavy atom. The van der Waals surface area contributed by atoms with Crippen molar-refractivity contribution in [1.82, 2.24) is 16.0 Å². The molecule has 1 aliphatic rings. The van der Waals surface area contributed by atoms with E-state index in [-0.39, 0.29) is 17.2 Å². The third kappa shape index (κ3) is 6.89. The first-order chi connectivity index (χ1) is 9.39. The first-order valence-electron chi connectivity index (χ1n) is 7.65. The number of carbonyl (C=O) groups excluding carboxylic acids is 2. The maximum absolute atomic E-state index is 11.6. The van der Waals surface area contributed by atoms with E-state index in [1.54, 1.807) is 0 Å². The summed E-state index contributed by atoms with van der Waals surface area (Å²) < 4.78 is 0. The van der Waals surface area contributed by atoms with Crippen LogP contribution < -0.4 is 16.0 Å². The van der Waals surface area contributed by atoms with Crippen LogP contribution >= 0.6 is 0 Å². The minimum atomic E-state index is -0.364. The van der Waals surface area contributed by atoms with Crippen molar-refractivity contribution in [3.05, 3.63) is 0 Å². The van der Waals surface area contributed by atoms with E-state index in [4.69, 9.17) is 0 Å². The summed E-state index contributed by atoms with van der Waals surface area (Å²) in [6, 6.07) is 0. The average Bonchev–Trinajstić information content (AvgIpc) is 2.86. The molecule has 1 saturated heterocycles. The summed E-state index contributed by atoms with van der Waals surface area (Å²) >= 11 is 0. The zero-order chi connectivity index (χ0) is 15.0. The van der Waals surface area contributed by atoms with Crippen molar-refractivity contribution in [2.75, 3.05) is 26.2 Å². The Hall–Kier alpha value is -1.10. The van der Waals surface area contributed by atoms with E-state index in [0.717, 1.165) is 26.1 Å². The fourth-order valence-corrected chi connectivity index (χ4v) is 2.18. The van der Waals surface area contributed by atoms with Gasteiger partial charge in [0.05, 0.1) is 0 Å². The van der Waals surface area contributed by atoms with Gasteiger partial charge in [-0.25, -0.2) is 0 Å². The average molecular weight is 283 g/mol. The Labute approximate surface area is 122 Å². The first kappa shape index (κ1) is 17.0. The molecule has 1 fully saturated rings. The lowest BCUT2D eigenvalue weighted by Gasteiger charge is -2.17. The molecule has 0 spiro atoms. The van der Waals surface area contributed by atoms with Crippen molar-refractivity contribution in [2.24, 2.45) is 11.3 Å². The number of rotatable bonds is 7. The molecule has 1 unspecified atom stereocenters. The zero-order valence-electron chi connectivity index (χ0n) is 13.1. The molecule has 0 aromatic rings. The molecular weight excluding hydrogens is 254 g/mol. The Bertz CT molecular complexity index is 318. The van der Waals surface area contributed by atoms with Crippen molar-refractivity contribution >= 4 is 11.8 Å². The van der Waals surface area contributed by atoms with Gasteiger partial charge in [0.1, 0.15) is 0 Å². The van der Waals surface area contributed by atoms with Crippen LogP contribution in [0.5, 0.6) is 0 Å². The quantitative estimate of drug-likeness (QED) is 0.612. The monoisotopic (exact) mass is 283 g/mol. The SMILES string of the molecule is CC(C)(C)C(=O)NCCCC(=O)NCCC1CCNC1. The number of hydrogen-bond donors (Lipinski definition) is 3. The van der Waals surface area contributed by atoms with Crippen molar-refractivity contribution in [3.8, 4) is 0 Å². The molecule has 0 saturated carbocycles. The molecule has 0 bridgehead atoms. The topological polar surface area (TPSA) is 70.2 Å². The molecule has 1 rings (SSSR count). The highest BCUT2D eigenvalue weighted by Crippen LogP contribution is 2.12. The molecule has 1 heterocycles. The maximum Gasteiger partial charge on any atom is 0.225 e. The Morgan fingerprint density at radius 2 is 1.95 bits per heavy atom. The summed E-state index contributed by atoms with van der Waals surface area (Å²) in [4.78, 5) is 23.2. The minimum Gasteiger partial charge on any atom is -0.356 e. The second-order valence-corrected chi connectivity index (χ2v) is 6.61. The van der Waals surface area contributed by atoms with Crippen molar-refractivity contribution in [2.45, 2.75) is 46.5 Å². The Balaban J connectivity index is 1.98. The van der Waals surface area contributed by atoms with Crippen LogP contribution in [0.25, 0.3) is 0 Å². The number of amides is 2.